The van der Waals surface area contributed by atoms with Crippen molar-refractivity contribution in [3.8, 4) is 17.3 Å². The van der Waals surface area contributed by atoms with E-state index in [9.17, 15) is 10.4 Å². The minimum Gasteiger partial charge on any atom is -0.392 e. The van der Waals surface area contributed by atoms with Gasteiger partial charge in [0.2, 0.25) is 0 Å². The van der Waals surface area contributed by atoms with Gasteiger partial charge >= 0.3 is 0 Å². The van der Waals surface area contributed by atoms with Gasteiger partial charge in [-0.15, -0.1) is 0 Å². The van der Waals surface area contributed by atoms with Crippen molar-refractivity contribution in [1.82, 2.24) is 14.5 Å². The molecule has 2 aromatic heterocycles. The van der Waals surface area contributed by atoms with Crippen LogP contribution in [0.25, 0.3) is 11.3 Å². The standard InChI is InChI=1S/C22H24N4O/c23-9-16-4-17-18(10-25-16)20-11-24-12-26(20)19(17)5-21(27)22-6-13-1-14(7-22)3-15(2-13)8-22/h4,10-15,19,21,27H,1-3,5-8H2. The van der Waals surface area contributed by atoms with Crippen molar-refractivity contribution in [2.24, 2.45) is 23.2 Å². The summed E-state index contributed by atoms with van der Waals surface area (Å²) in [6, 6.07) is 4.11. The van der Waals surface area contributed by atoms with Crippen molar-refractivity contribution in [2.45, 2.75) is 57.1 Å². The Kier molecular flexibility index (Phi) is 3.18. The zero-order valence-electron chi connectivity index (χ0n) is 15.4. The van der Waals surface area contributed by atoms with Crippen LogP contribution in [0.4, 0.5) is 0 Å². The SMILES string of the molecule is N#Cc1cc2c(cn1)-c1cncn1C2CC(O)C12CC3CC(CC(C3)C1)C2. The summed E-state index contributed by atoms with van der Waals surface area (Å²) in [6.07, 6.45) is 13.7. The van der Waals surface area contributed by atoms with Crippen LogP contribution in [0.3, 0.4) is 0 Å². The summed E-state index contributed by atoms with van der Waals surface area (Å²) in [6.45, 7) is 0. The summed E-state index contributed by atoms with van der Waals surface area (Å²) in [5.41, 5.74) is 3.77. The van der Waals surface area contributed by atoms with Crippen LogP contribution in [0, 0.1) is 34.5 Å². The number of aliphatic hydroxyl groups excluding tert-OH is 1. The van der Waals surface area contributed by atoms with E-state index in [4.69, 9.17) is 0 Å². The molecule has 5 heteroatoms. The number of rotatable bonds is 3. The Morgan fingerprint density at radius 1 is 1.19 bits per heavy atom. The fraction of sp³-hybridized carbons (Fsp3) is 0.591. The van der Waals surface area contributed by atoms with Crippen molar-refractivity contribution in [2.75, 3.05) is 0 Å². The lowest BCUT2D eigenvalue weighted by Gasteiger charge is -2.58. The maximum atomic E-state index is 11.5. The second-order valence-electron chi connectivity index (χ2n) is 9.50. The van der Waals surface area contributed by atoms with Crippen molar-refractivity contribution in [1.29, 1.82) is 5.26 Å². The predicted molar refractivity (Wildman–Crippen MR) is 99.5 cm³/mol. The van der Waals surface area contributed by atoms with Crippen LogP contribution < -0.4 is 0 Å². The van der Waals surface area contributed by atoms with Crippen molar-refractivity contribution < 1.29 is 5.11 Å². The molecule has 0 spiro atoms. The molecule has 2 atom stereocenters. The average molecular weight is 360 g/mol. The molecule has 5 nitrogen and oxygen atoms in total. The fourth-order valence-corrected chi connectivity index (χ4v) is 7.22. The molecule has 4 bridgehead atoms. The van der Waals surface area contributed by atoms with Gasteiger partial charge < -0.3 is 9.67 Å². The summed E-state index contributed by atoms with van der Waals surface area (Å²) in [5.74, 6) is 2.50. The molecule has 0 aromatic carbocycles. The minimum absolute atomic E-state index is 0.0515. The van der Waals surface area contributed by atoms with Crippen molar-refractivity contribution in [3.63, 3.8) is 0 Å². The molecule has 4 aliphatic carbocycles. The number of aliphatic hydroxyl groups is 1. The van der Waals surface area contributed by atoms with Crippen molar-refractivity contribution >= 4 is 0 Å². The van der Waals surface area contributed by atoms with Crippen LogP contribution in [-0.2, 0) is 0 Å². The Labute approximate surface area is 159 Å². The van der Waals surface area contributed by atoms with Gasteiger partial charge in [0.25, 0.3) is 0 Å². The second-order valence-corrected chi connectivity index (χ2v) is 9.50. The Hall–Kier alpha value is -2.19. The molecule has 2 aromatic rings. The van der Waals surface area contributed by atoms with Gasteiger partial charge in [0.1, 0.15) is 11.8 Å². The molecule has 0 radical (unpaired) electrons. The number of nitrogens with zero attached hydrogens (tertiary/aromatic N) is 4. The quantitative estimate of drug-likeness (QED) is 0.906. The topological polar surface area (TPSA) is 74.7 Å². The molecule has 0 saturated heterocycles. The third kappa shape index (κ3) is 2.20. The highest BCUT2D eigenvalue weighted by atomic mass is 16.3. The molecule has 0 amide bonds. The number of hydrogen-bond donors (Lipinski definition) is 1. The maximum Gasteiger partial charge on any atom is 0.140 e. The number of aromatic nitrogens is 3. The first-order valence-electron chi connectivity index (χ1n) is 10.3. The van der Waals surface area contributed by atoms with E-state index < -0.39 is 0 Å². The third-order valence-electron chi connectivity index (χ3n) is 7.93. The van der Waals surface area contributed by atoms with E-state index in [-0.39, 0.29) is 17.6 Å². The van der Waals surface area contributed by atoms with Gasteiger partial charge in [0.15, 0.2) is 0 Å². The molecular formula is C22H24N4O. The predicted octanol–water partition coefficient (Wildman–Crippen LogP) is 3.69. The van der Waals surface area contributed by atoms with E-state index in [0.29, 0.717) is 12.1 Å². The normalized spacial score (nSPS) is 36.3. The van der Waals surface area contributed by atoms with Crippen LogP contribution in [-0.4, -0.2) is 25.7 Å². The Morgan fingerprint density at radius 3 is 2.56 bits per heavy atom. The number of pyridine rings is 1. The van der Waals surface area contributed by atoms with E-state index in [1.807, 2.05) is 18.6 Å². The smallest absolute Gasteiger partial charge is 0.140 e. The summed E-state index contributed by atoms with van der Waals surface area (Å²) < 4.78 is 2.16. The molecule has 27 heavy (non-hydrogen) atoms. The number of imidazole rings is 1. The zero-order valence-corrected chi connectivity index (χ0v) is 15.4. The molecule has 1 aliphatic heterocycles. The summed E-state index contributed by atoms with van der Waals surface area (Å²) in [7, 11) is 0. The highest BCUT2D eigenvalue weighted by Gasteiger charge is 2.54. The van der Waals surface area contributed by atoms with Crippen LogP contribution >= 0.6 is 0 Å². The number of hydrogen-bond acceptors (Lipinski definition) is 4. The molecule has 4 saturated carbocycles. The maximum absolute atomic E-state index is 11.5. The lowest BCUT2D eigenvalue weighted by atomic mass is 9.48. The molecule has 2 unspecified atom stereocenters. The third-order valence-corrected chi connectivity index (χ3v) is 7.93. The lowest BCUT2D eigenvalue weighted by molar-refractivity contribution is -0.124. The van der Waals surface area contributed by atoms with Gasteiger partial charge in [-0.25, -0.2) is 9.97 Å². The lowest BCUT2D eigenvalue weighted by Crippen LogP contribution is -2.52. The van der Waals surface area contributed by atoms with E-state index in [1.54, 1.807) is 6.20 Å². The highest BCUT2D eigenvalue weighted by Crippen LogP contribution is 2.62. The first kappa shape index (κ1) is 15.8. The Morgan fingerprint density at radius 2 is 1.89 bits per heavy atom. The summed E-state index contributed by atoms with van der Waals surface area (Å²) in [5, 5.41) is 20.8. The van der Waals surface area contributed by atoms with Gasteiger partial charge in [0, 0.05) is 11.8 Å². The average Bonchev–Trinajstić information content (AvgIpc) is 3.23. The van der Waals surface area contributed by atoms with Gasteiger partial charge in [-0.3, -0.25) is 0 Å². The summed E-state index contributed by atoms with van der Waals surface area (Å²) >= 11 is 0. The Balaban J connectivity index is 1.35. The van der Waals surface area contributed by atoms with Gasteiger partial charge in [-0.2, -0.15) is 5.26 Å². The van der Waals surface area contributed by atoms with E-state index in [1.165, 1.54) is 38.5 Å². The van der Waals surface area contributed by atoms with E-state index in [0.717, 1.165) is 34.6 Å². The van der Waals surface area contributed by atoms with Gasteiger partial charge in [-0.1, -0.05) is 0 Å². The molecule has 5 aliphatic rings. The van der Waals surface area contributed by atoms with E-state index >= 15 is 0 Å². The first-order chi connectivity index (χ1) is 13.1. The van der Waals surface area contributed by atoms with Crippen molar-refractivity contribution in [3.05, 3.63) is 36.0 Å². The van der Waals surface area contributed by atoms with E-state index in [2.05, 4.69) is 20.6 Å². The van der Waals surface area contributed by atoms with Crippen LogP contribution in [0.2, 0.25) is 0 Å². The second kappa shape index (κ2) is 5.42. The zero-order chi connectivity index (χ0) is 18.2. The Bertz CT molecular complexity index is 920. The number of fused-ring (bicyclic) bond motifs is 3. The fourth-order valence-electron chi connectivity index (χ4n) is 7.22. The van der Waals surface area contributed by atoms with Crippen LogP contribution in [0.1, 0.15) is 62.2 Å². The largest absolute Gasteiger partial charge is 0.392 e. The molecular weight excluding hydrogens is 336 g/mol. The molecule has 138 valence electrons. The molecule has 7 rings (SSSR count). The minimum atomic E-state index is -0.296. The van der Waals surface area contributed by atoms with Gasteiger partial charge in [0.05, 0.1) is 30.4 Å². The summed E-state index contributed by atoms with van der Waals surface area (Å²) in [4.78, 5) is 8.57. The first-order valence-corrected chi connectivity index (χ1v) is 10.3. The molecule has 3 heterocycles. The highest BCUT2D eigenvalue weighted by molar-refractivity contribution is 5.68. The molecule has 1 N–H and O–H groups in total. The van der Waals surface area contributed by atoms with Crippen LogP contribution in [0.5, 0.6) is 0 Å². The van der Waals surface area contributed by atoms with Gasteiger partial charge in [-0.05, 0) is 79.7 Å². The number of nitriles is 1. The van der Waals surface area contributed by atoms with Crippen LogP contribution in [0.15, 0.2) is 24.8 Å². The monoisotopic (exact) mass is 360 g/mol. The molecule has 4 fully saturated rings.